The van der Waals surface area contributed by atoms with E-state index in [2.05, 4.69) is 19.2 Å². The molecule has 1 fully saturated rings. The number of nitrogens with two attached hydrogens (primary N) is 1. The molecular weight excluding hydrogens is 184 g/mol. The topological polar surface area (TPSA) is 38.0 Å². The van der Waals surface area contributed by atoms with E-state index in [0.717, 1.165) is 19.0 Å². The van der Waals surface area contributed by atoms with Crippen molar-refractivity contribution in [1.82, 2.24) is 5.32 Å². The van der Waals surface area contributed by atoms with Crippen LogP contribution in [0.15, 0.2) is 0 Å². The summed E-state index contributed by atoms with van der Waals surface area (Å²) in [7, 11) is 0. The SMILES string of the molecule is CC(CCCN)CNC1(C)CCCCC1. The van der Waals surface area contributed by atoms with Gasteiger partial charge in [0, 0.05) is 5.54 Å². The van der Waals surface area contributed by atoms with Crippen LogP contribution < -0.4 is 11.1 Å². The molecule has 1 atom stereocenters. The normalized spacial score (nSPS) is 22.6. The molecule has 90 valence electrons. The van der Waals surface area contributed by atoms with Gasteiger partial charge in [0.1, 0.15) is 0 Å². The Labute approximate surface area is 95.0 Å². The summed E-state index contributed by atoms with van der Waals surface area (Å²) in [4.78, 5) is 0. The molecule has 0 saturated heterocycles. The van der Waals surface area contributed by atoms with Crippen molar-refractivity contribution in [2.75, 3.05) is 13.1 Å². The summed E-state index contributed by atoms with van der Waals surface area (Å²) in [6.45, 7) is 6.72. The second-order valence-corrected chi connectivity index (χ2v) is 5.54. The minimum atomic E-state index is 0.426. The van der Waals surface area contributed by atoms with E-state index in [9.17, 15) is 0 Å². The maximum atomic E-state index is 5.52. The summed E-state index contributed by atoms with van der Waals surface area (Å²) in [5.41, 5.74) is 5.95. The maximum Gasteiger partial charge on any atom is 0.0153 e. The first-order valence-corrected chi connectivity index (χ1v) is 6.61. The minimum Gasteiger partial charge on any atom is -0.330 e. The standard InChI is InChI=1S/C13H28N2/c1-12(7-6-10-14)11-15-13(2)8-4-3-5-9-13/h12,15H,3-11,14H2,1-2H3. The van der Waals surface area contributed by atoms with Gasteiger partial charge in [-0.25, -0.2) is 0 Å². The summed E-state index contributed by atoms with van der Waals surface area (Å²) in [6.07, 6.45) is 9.38. The Morgan fingerprint density at radius 3 is 2.53 bits per heavy atom. The average molecular weight is 212 g/mol. The van der Waals surface area contributed by atoms with Gasteiger partial charge in [-0.3, -0.25) is 0 Å². The third kappa shape index (κ3) is 4.98. The van der Waals surface area contributed by atoms with Gasteiger partial charge in [-0.2, -0.15) is 0 Å². The predicted molar refractivity (Wildman–Crippen MR) is 66.9 cm³/mol. The van der Waals surface area contributed by atoms with Gasteiger partial charge >= 0.3 is 0 Å². The molecule has 0 aromatic rings. The van der Waals surface area contributed by atoms with E-state index in [4.69, 9.17) is 5.73 Å². The third-order valence-corrected chi connectivity index (χ3v) is 3.74. The zero-order valence-electron chi connectivity index (χ0n) is 10.5. The summed E-state index contributed by atoms with van der Waals surface area (Å²) in [5, 5.41) is 3.77. The number of hydrogen-bond donors (Lipinski definition) is 2. The van der Waals surface area contributed by atoms with Gasteiger partial charge in [0.2, 0.25) is 0 Å². The summed E-state index contributed by atoms with van der Waals surface area (Å²) in [5.74, 6) is 0.771. The van der Waals surface area contributed by atoms with Crippen LogP contribution in [-0.2, 0) is 0 Å². The van der Waals surface area contributed by atoms with Gasteiger partial charge in [0.25, 0.3) is 0 Å². The fourth-order valence-electron chi connectivity index (χ4n) is 2.50. The predicted octanol–water partition coefficient (Wildman–Crippen LogP) is 2.67. The van der Waals surface area contributed by atoms with Crippen molar-refractivity contribution < 1.29 is 0 Å². The molecule has 1 aliphatic rings. The molecule has 0 heterocycles. The molecule has 0 radical (unpaired) electrons. The highest BCUT2D eigenvalue weighted by Crippen LogP contribution is 2.27. The fraction of sp³-hybridized carbons (Fsp3) is 1.00. The molecule has 1 aliphatic carbocycles. The molecule has 1 unspecified atom stereocenters. The van der Waals surface area contributed by atoms with Crippen LogP contribution in [0.4, 0.5) is 0 Å². The van der Waals surface area contributed by atoms with Gasteiger partial charge in [-0.1, -0.05) is 26.2 Å². The molecule has 2 nitrogen and oxygen atoms in total. The van der Waals surface area contributed by atoms with Crippen molar-refractivity contribution in [3.63, 3.8) is 0 Å². The van der Waals surface area contributed by atoms with Crippen LogP contribution in [0.5, 0.6) is 0 Å². The summed E-state index contributed by atoms with van der Waals surface area (Å²) < 4.78 is 0. The van der Waals surface area contributed by atoms with Crippen molar-refractivity contribution >= 4 is 0 Å². The highest BCUT2D eigenvalue weighted by atomic mass is 15.0. The molecule has 1 saturated carbocycles. The Kier molecular flexibility index (Phi) is 5.62. The number of rotatable bonds is 6. The van der Waals surface area contributed by atoms with E-state index in [1.807, 2.05) is 0 Å². The zero-order valence-corrected chi connectivity index (χ0v) is 10.5. The zero-order chi connectivity index (χ0) is 11.1. The number of nitrogens with one attached hydrogen (secondary N) is 1. The Hall–Kier alpha value is -0.0800. The number of hydrogen-bond acceptors (Lipinski definition) is 2. The average Bonchev–Trinajstić information content (AvgIpc) is 2.25. The van der Waals surface area contributed by atoms with E-state index in [-0.39, 0.29) is 0 Å². The van der Waals surface area contributed by atoms with Crippen molar-refractivity contribution in [3.8, 4) is 0 Å². The molecule has 0 aromatic carbocycles. The first kappa shape index (κ1) is 13.0. The van der Waals surface area contributed by atoms with Gasteiger partial charge in [-0.05, 0) is 51.6 Å². The Balaban J connectivity index is 2.16. The fourth-order valence-corrected chi connectivity index (χ4v) is 2.50. The smallest absolute Gasteiger partial charge is 0.0153 e. The Morgan fingerprint density at radius 2 is 1.93 bits per heavy atom. The van der Waals surface area contributed by atoms with Crippen molar-refractivity contribution in [3.05, 3.63) is 0 Å². The van der Waals surface area contributed by atoms with Crippen LogP contribution >= 0.6 is 0 Å². The lowest BCUT2D eigenvalue weighted by molar-refractivity contribution is 0.240. The molecule has 2 heteroatoms. The molecule has 0 bridgehead atoms. The van der Waals surface area contributed by atoms with E-state index in [1.165, 1.54) is 44.9 Å². The summed E-state index contributed by atoms with van der Waals surface area (Å²) >= 11 is 0. The quantitative estimate of drug-likeness (QED) is 0.710. The van der Waals surface area contributed by atoms with Gasteiger partial charge < -0.3 is 11.1 Å². The lowest BCUT2D eigenvalue weighted by Gasteiger charge is -2.35. The molecule has 0 aromatic heterocycles. The van der Waals surface area contributed by atoms with Gasteiger partial charge in [-0.15, -0.1) is 0 Å². The van der Waals surface area contributed by atoms with Gasteiger partial charge in [0.15, 0.2) is 0 Å². The van der Waals surface area contributed by atoms with Gasteiger partial charge in [0.05, 0.1) is 0 Å². The molecule has 3 N–H and O–H groups in total. The monoisotopic (exact) mass is 212 g/mol. The molecular formula is C13H28N2. The summed E-state index contributed by atoms with van der Waals surface area (Å²) in [6, 6.07) is 0. The second-order valence-electron chi connectivity index (χ2n) is 5.54. The van der Waals surface area contributed by atoms with Crippen LogP contribution in [-0.4, -0.2) is 18.6 Å². The van der Waals surface area contributed by atoms with E-state index >= 15 is 0 Å². The minimum absolute atomic E-state index is 0.426. The molecule has 1 rings (SSSR count). The van der Waals surface area contributed by atoms with Crippen LogP contribution in [0.3, 0.4) is 0 Å². The van der Waals surface area contributed by atoms with Crippen LogP contribution in [0.2, 0.25) is 0 Å². The molecule has 0 amide bonds. The Morgan fingerprint density at radius 1 is 1.27 bits per heavy atom. The third-order valence-electron chi connectivity index (χ3n) is 3.74. The van der Waals surface area contributed by atoms with E-state index in [1.54, 1.807) is 0 Å². The van der Waals surface area contributed by atoms with Crippen LogP contribution in [0, 0.1) is 5.92 Å². The van der Waals surface area contributed by atoms with E-state index < -0.39 is 0 Å². The van der Waals surface area contributed by atoms with Crippen molar-refractivity contribution in [1.29, 1.82) is 0 Å². The Bertz CT molecular complexity index is 162. The first-order chi connectivity index (χ1) is 7.16. The lowest BCUT2D eigenvalue weighted by Crippen LogP contribution is -2.45. The second kappa shape index (κ2) is 6.49. The van der Waals surface area contributed by atoms with Crippen molar-refractivity contribution in [2.24, 2.45) is 11.7 Å². The molecule has 0 aliphatic heterocycles. The first-order valence-electron chi connectivity index (χ1n) is 6.61. The largest absolute Gasteiger partial charge is 0.330 e. The lowest BCUT2D eigenvalue weighted by atomic mass is 9.83. The molecule has 15 heavy (non-hydrogen) atoms. The van der Waals surface area contributed by atoms with Crippen LogP contribution in [0.1, 0.15) is 58.8 Å². The highest BCUT2D eigenvalue weighted by Gasteiger charge is 2.25. The molecule has 0 spiro atoms. The van der Waals surface area contributed by atoms with E-state index in [0.29, 0.717) is 5.54 Å². The highest BCUT2D eigenvalue weighted by molar-refractivity contribution is 4.86. The van der Waals surface area contributed by atoms with Crippen LogP contribution in [0.25, 0.3) is 0 Å². The maximum absolute atomic E-state index is 5.52. The van der Waals surface area contributed by atoms with Crippen molar-refractivity contribution in [2.45, 2.75) is 64.3 Å².